The average molecular weight is 345 g/mol. The molecule has 0 radical (unpaired) electrons. The molecule has 0 atom stereocenters. The maximum Gasteiger partial charge on any atom is 0.353 e. The van der Waals surface area contributed by atoms with Crippen LogP contribution in [0.25, 0.3) is 11.3 Å². The molecule has 0 fully saturated rings. The number of H-pyrrole nitrogens is 1. The van der Waals surface area contributed by atoms with Crippen molar-refractivity contribution < 1.29 is 23.8 Å². The molecule has 1 aromatic carbocycles. The fraction of sp³-hybridized carbons (Fsp3) is 0.167. The summed E-state index contributed by atoms with van der Waals surface area (Å²) in [7, 11) is 2.80. The molecule has 8 heteroatoms. The van der Waals surface area contributed by atoms with Crippen LogP contribution in [-0.4, -0.2) is 35.5 Å². The summed E-state index contributed by atoms with van der Waals surface area (Å²) in [6.07, 6.45) is 0. The minimum Gasteiger partial charge on any atom is -0.493 e. The van der Waals surface area contributed by atoms with Gasteiger partial charge in [-0.1, -0.05) is 0 Å². The maximum absolute atomic E-state index is 14.1. The van der Waals surface area contributed by atoms with Gasteiger partial charge in [-0.25, -0.2) is 9.18 Å². The van der Waals surface area contributed by atoms with Crippen molar-refractivity contribution in [3.05, 3.63) is 28.1 Å². The molecule has 6 nitrogen and oxygen atoms in total. The topological polar surface area (TPSA) is 84.4 Å². The van der Waals surface area contributed by atoms with Gasteiger partial charge < -0.3 is 14.6 Å². The summed E-state index contributed by atoms with van der Waals surface area (Å²) in [5.41, 5.74) is 0.0974. The standard InChI is InChI=1S/C12H10BrFN2O4/c1-19-8-3-5(14)9(10(13)11(8)20-2)6-4-7(12(17)18)16-15-6/h3-4H,1-2H3,(H,15,16)(H,17,18). The van der Waals surface area contributed by atoms with Gasteiger partial charge in [0.15, 0.2) is 11.5 Å². The Kier molecular flexibility index (Phi) is 3.93. The summed E-state index contributed by atoms with van der Waals surface area (Å²) in [5, 5.41) is 14.9. The number of hydrogen-bond donors (Lipinski definition) is 2. The van der Waals surface area contributed by atoms with Crippen molar-refractivity contribution in [3.8, 4) is 22.8 Å². The number of benzene rings is 1. The molecular formula is C12H10BrFN2O4. The first-order valence-electron chi connectivity index (χ1n) is 5.38. The Morgan fingerprint density at radius 2 is 2.10 bits per heavy atom. The number of ether oxygens (including phenoxy) is 2. The summed E-state index contributed by atoms with van der Waals surface area (Å²) in [4.78, 5) is 10.8. The first kappa shape index (κ1) is 14.3. The summed E-state index contributed by atoms with van der Waals surface area (Å²) in [6.45, 7) is 0. The summed E-state index contributed by atoms with van der Waals surface area (Å²) in [5.74, 6) is -1.28. The predicted octanol–water partition coefficient (Wildman–Crippen LogP) is 2.69. The predicted molar refractivity (Wildman–Crippen MR) is 71.7 cm³/mol. The van der Waals surface area contributed by atoms with Gasteiger partial charge in [0, 0.05) is 6.07 Å². The lowest BCUT2D eigenvalue weighted by Gasteiger charge is -2.12. The SMILES string of the molecule is COc1cc(F)c(-c2cc(C(=O)O)[nH]n2)c(Br)c1OC. The normalized spacial score (nSPS) is 10.4. The van der Waals surface area contributed by atoms with Crippen LogP contribution < -0.4 is 9.47 Å². The quantitative estimate of drug-likeness (QED) is 0.890. The summed E-state index contributed by atoms with van der Waals surface area (Å²) >= 11 is 3.22. The van der Waals surface area contributed by atoms with Crippen molar-refractivity contribution in [3.63, 3.8) is 0 Å². The molecule has 0 aliphatic carbocycles. The Labute approximate surface area is 121 Å². The number of methoxy groups -OCH3 is 2. The van der Waals surface area contributed by atoms with Gasteiger partial charge in [0.05, 0.1) is 29.9 Å². The second-order valence-corrected chi connectivity index (χ2v) is 4.55. The van der Waals surface area contributed by atoms with E-state index in [0.717, 1.165) is 6.07 Å². The van der Waals surface area contributed by atoms with E-state index in [1.807, 2.05) is 0 Å². The van der Waals surface area contributed by atoms with E-state index >= 15 is 0 Å². The molecule has 0 aliphatic heterocycles. The molecule has 0 saturated carbocycles. The fourth-order valence-electron chi connectivity index (χ4n) is 1.72. The van der Waals surface area contributed by atoms with Crippen LogP contribution in [0.5, 0.6) is 11.5 Å². The van der Waals surface area contributed by atoms with Gasteiger partial charge >= 0.3 is 5.97 Å². The maximum atomic E-state index is 14.1. The van der Waals surface area contributed by atoms with Crippen LogP contribution in [-0.2, 0) is 0 Å². The number of nitrogens with zero attached hydrogens (tertiary/aromatic N) is 1. The zero-order chi connectivity index (χ0) is 14.9. The lowest BCUT2D eigenvalue weighted by atomic mass is 10.1. The highest BCUT2D eigenvalue weighted by molar-refractivity contribution is 9.10. The smallest absolute Gasteiger partial charge is 0.353 e. The second-order valence-electron chi connectivity index (χ2n) is 3.75. The van der Waals surface area contributed by atoms with Gasteiger partial charge in [-0.15, -0.1) is 0 Å². The number of halogens is 2. The first-order valence-corrected chi connectivity index (χ1v) is 6.18. The molecule has 1 heterocycles. The largest absolute Gasteiger partial charge is 0.493 e. The van der Waals surface area contributed by atoms with Crippen molar-refractivity contribution in [2.45, 2.75) is 0 Å². The van der Waals surface area contributed by atoms with E-state index in [1.165, 1.54) is 20.3 Å². The van der Waals surface area contributed by atoms with Gasteiger partial charge in [0.1, 0.15) is 11.5 Å². The number of rotatable bonds is 4. The molecule has 2 aromatic rings. The van der Waals surface area contributed by atoms with Crippen LogP contribution in [0.15, 0.2) is 16.6 Å². The Bertz CT molecular complexity index is 672. The van der Waals surface area contributed by atoms with E-state index in [-0.39, 0.29) is 22.7 Å². The van der Waals surface area contributed by atoms with Gasteiger partial charge in [-0.05, 0) is 22.0 Å². The van der Waals surface area contributed by atoms with Gasteiger partial charge in [0.2, 0.25) is 0 Å². The Morgan fingerprint density at radius 1 is 1.40 bits per heavy atom. The highest BCUT2D eigenvalue weighted by Crippen LogP contribution is 2.43. The van der Waals surface area contributed by atoms with Crippen molar-refractivity contribution in [1.82, 2.24) is 10.2 Å². The molecule has 0 unspecified atom stereocenters. The third-order valence-electron chi connectivity index (χ3n) is 2.63. The number of carbonyl (C=O) groups is 1. The van der Waals surface area contributed by atoms with Crippen LogP contribution in [0, 0.1) is 5.82 Å². The molecular weight excluding hydrogens is 335 g/mol. The third kappa shape index (κ3) is 2.34. The Balaban J connectivity index is 2.64. The van der Waals surface area contributed by atoms with Crippen molar-refractivity contribution >= 4 is 21.9 Å². The Hall–Kier alpha value is -2.09. The highest BCUT2D eigenvalue weighted by Gasteiger charge is 2.22. The van der Waals surface area contributed by atoms with Crippen LogP contribution in [0.2, 0.25) is 0 Å². The summed E-state index contributed by atoms with van der Waals surface area (Å²) < 4.78 is 24.6. The van der Waals surface area contributed by atoms with Gasteiger partial charge in [-0.3, -0.25) is 5.10 Å². The number of aromatic carboxylic acids is 1. The van der Waals surface area contributed by atoms with Crippen LogP contribution in [0.1, 0.15) is 10.5 Å². The van der Waals surface area contributed by atoms with E-state index in [1.54, 1.807) is 0 Å². The number of carboxylic acids is 1. The molecule has 2 N–H and O–H groups in total. The number of aromatic nitrogens is 2. The van der Waals surface area contributed by atoms with Gasteiger partial charge in [-0.2, -0.15) is 5.10 Å². The molecule has 0 saturated heterocycles. The first-order chi connectivity index (χ1) is 9.49. The van der Waals surface area contributed by atoms with Crippen molar-refractivity contribution in [1.29, 1.82) is 0 Å². The van der Waals surface area contributed by atoms with Crippen LogP contribution >= 0.6 is 15.9 Å². The Morgan fingerprint density at radius 3 is 2.60 bits per heavy atom. The molecule has 20 heavy (non-hydrogen) atoms. The van der Waals surface area contributed by atoms with E-state index in [0.29, 0.717) is 10.2 Å². The molecule has 1 aromatic heterocycles. The molecule has 0 spiro atoms. The highest BCUT2D eigenvalue weighted by atomic mass is 79.9. The molecule has 0 amide bonds. The molecule has 2 rings (SSSR count). The minimum absolute atomic E-state index is 0.0893. The zero-order valence-corrected chi connectivity index (χ0v) is 12.1. The van der Waals surface area contributed by atoms with E-state index in [2.05, 4.69) is 26.1 Å². The molecule has 0 aliphatic rings. The van der Waals surface area contributed by atoms with E-state index in [9.17, 15) is 9.18 Å². The number of nitrogens with one attached hydrogen (secondary N) is 1. The number of hydrogen-bond acceptors (Lipinski definition) is 4. The second kappa shape index (κ2) is 5.49. The lowest BCUT2D eigenvalue weighted by molar-refractivity contribution is 0.0690. The van der Waals surface area contributed by atoms with Crippen molar-refractivity contribution in [2.75, 3.05) is 14.2 Å². The molecule has 0 bridgehead atoms. The third-order valence-corrected chi connectivity index (χ3v) is 3.38. The van der Waals surface area contributed by atoms with E-state index in [4.69, 9.17) is 14.6 Å². The number of carboxylic acid groups (broad SMARTS) is 1. The summed E-state index contributed by atoms with van der Waals surface area (Å²) in [6, 6.07) is 2.38. The minimum atomic E-state index is -1.18. The number of aromatic amines is 1. The fourth-order valence-corrected chi connectivity index (χ4v) is 2.47. The van der Waals surface area contributed by atoms with Crippen molar-refractivity contribution in [2.24, 2.45) is 0 Å². The van der Waals surface area contributed by atoms with Gasteiger partial charge in [0.25, 0.3) is 0 Å². The lowest BCUT2D eigenvalue weighted by Crippen LogP contribution is -1.96. The van der Waals surface area contributed by atoms with Crippen LogP contribution in [0.4, 0.5) is 4.39 Å². The van der Waals surface area contributed by atoms with Crippen LogP contribution in [0.3, 0.4) is 0 Å². The monoisotopic (exact) mass is 344 g/mol. The average Bonchev–Trinajstić information content (AvgIpc) is 2.87. The molecule has 106 valence electrons. The zero-order valence-electron chi connectivity index (χ0n) is 10.5. The van der Waals surface area contributed by atoms with E-state index < -0.39 is 11.8 Å².